The standard InChI is InChI=1S/C11H13NO3/c1-2-11(13)10-6-4-3-5-9(10)7-8-12(14)15/h3-6H,2,7-8H2,1H3. The van der Waals surface area contributed by atoms with E-state index >= 15 is 0 Å². The molecule has 0 aromatic heterocycles. The van der Waals surface area contributed by atoms with Gasteiger partial charge in [-0.2, -0.15) is 0 Å². The highest BCUT2D eigenvalue weighted by atomic mass is 16.6. The first kappa shape index (κ1) is 11.4. The van der Waals surface area contributed by atoms with Gasteiger partial charge in [0.2, 0.25) is 6.54 Å². The Balaban J connectivity index is 2.86. The van der Waals surface area contributed by atoms with E-state index in [1.807, 2.05) is 0 Å². The summed E-state index contributed by atoms with van der Waals surface area (Å²) < 4.78 is 0. The molecule has 0 aliphatic heterocycles. The Morgan fingerprint density at radius 2 is 2.07 bits per heavy atom. The van der Waals surface area contributed by atoms with Crippen molar-refractivity contribution in [2.45, 2.75) is 19.8 Å². The summed E-state index contributed by atoms with van der Waals surface area (Å²) >= 11 is 0. The maximum absolute atomic E-state index is 11.5. The van der Waals surface area contributed by atoms with Crippen molar-refractivity contribution in [2.24, 2.45) is 0 Å². The Labute approximate surface area is 88.1 Å². The van der Waals surface area contributed by atoms with Gasteiger partial charge >= 0.3 is 0 Å². The highest BCUT2D eigenvalue weighted by Crippen LogP contribution is 2.11. The van der Waals surface area contributed by atoms with Gasteiger partial charge in [0.15, 0.2) is 5.78 Å². The van der Waals surface area contributed by atoms with Crippen LogP contribution in [0, 0.1) is 10.1 Å². The Morgan fingerprint density at radius 1 is 1.40 bits per heavy atom. The molecular weight excluding hydrogens is 194 g/mol. The molecule has 0 N–H and O–H groups in total. The van der Waals surface area contributed by atoms with Crippen LogP contribution in [-0.4, -0.2) is 17.3 Å². The molecule has 0 amide bonds. The molecule has 0 aliphatic carbocycles. The molecule has 1 aromatic carbocycles. The zero-order valence-corrected chi connectivity index (χ0v) is 8.60. The number of carbonyl (C=O) groups excluding carboxylic acids is 1. The van der Waals surface area contributed by atoms with Crippen LogP contribution in [0.15, 0.2) is 24.3 Å². The zero-order chi connectivity index (χ0) is 11.3. The Morgan fingerprint density at radius 3 is 2.67 bits per heavy atom. The number of hydrogen-bond acceptors (Lipinski definition) is 3. The zero-order valence-electron chi connectivity index (χ0n) is 8.60. The number of nitro groups is 1. The molecule has 1 aromatic rings. The van der Waals surface area contributed by atoms with Crippen LogP contribution in [0.3, 0.4) is 0 Å². The number of carbonyl (C=O) groups is 1. The number of nitrogens with zero attached hydrogens (tertiary/aromatic N) is 1. The summed E-state index contributed by atoms with van der Waals surface area (Å²) in [5, 5.41) is 10.2. The molecule has 0 radical (unpaired) electrons. The van der Waals surface area contributed by atoms with E-state index in [1.165, 1.54) is 0 Å². The number of hydrogen-bond donors (Lipinski definition) is 0. The van der Waals surface area contributed by atoms with Gasteiger partial charge in [0.1, 0.15) is 0 Å². The van der Waals surface area contributed by atoms with E-state index in [-0.39, 0.29) is 17.3 Å². The minimum Gasteiger partial charge on any atom is -0.294 e. The van der Waals surface area contributed by atoms with Crippen LogP contribution in [0.25, 0.3) is 0 Å². The molecule has 0 bridgehead atoms. The average Bonchev–Trinajstić information content (AvgIpc) is 2.25. The van der Waals surface area contributed by atoms with Crippen molar-refractivity contribution >= 4 is 5.78 Å². The molecule has 15 heavy (non-hydrogen) atoms. The molecule has 0 fully saturated rings. The lowest BCUT2D eigenvalue weighted by Crippen LogP contribution is -2.08. The molecule has 0 saturated heterocycles. The molecule has 0 saturated carbocycles. The molecule has 0 spiro atoms. The fraction of sp³-hybridized carbons (Fsp3) is 0.364. The fourth-order valence-corrected chi connectivity index (χ4v) is 1.41. The van der Waals surface area contributed by atoms with Crippen molar-refractivity contribution in [3.05, 3.63) is 45.5 Å². The van der Waals surface area contributed by atoms with Crippen LogP contribution >= 0.6 is 0 Å². The quantitative estimate of drug-likeness (QED) is 0.422. The summed E-state index contributed by atoms with van der Waals surface area (Å²) in [5.74, 6) is 0.0361. The number of Topliss-reactive ketones (excluding diaryl/α,β-unsaturated/α-hetero) is 1. The Kier molecular flexibility index (Phi) is 3.97. The van der Waals surface area contributed by atoms with Crippen molar-refractivity contribution in [3.8, 4) is 0 Å². The van der Waals surface area contributed by atoms with Gasteiger partial charge in [0.05, 0.1) is 0 Å². The first-order chi connectivity index (χ1) is 7.15. The molecular formula is C11H13NO3. The summed E-state index contributed by atoms with van der Waals surface area (Å²) in [4.78, 5) is 21.4. The lowest BCUT2D eigenvalue weighted by Gasteiger charge is -2.04. The lowest BCUT2D eigenvalue weighted by atomic mass is 10.00. The topological polar surface area (TPSA) is 60.2 Å². The van der Waals surface area contributed by atoms with Gasteiger partial charge in [-0.1, -0.05) is 31.2 Å². The predicted molar refractivity (Wildman–Crippen MR) is 56.6 cm³/mol. The highest BCUT2D eigenvalue weighted by Gasteiger charge is 2.10. The third kappa shape index (κ3) is 3.16. The molecule has 80 valence electrons. The molecule has 0 heterocycles. The lowest BCUT2D eigenvalue weighted by molar-refractivity contribution is -0.479. The molecule has 0 atom stereocenters. The van der Waals surface area contributed by atoms with E-state index < -0.39 is 0 Å². The Hall–Kier alpha value is -1.71. The van der Waals surface area contributed by atoms with Crippen LogP contribution in [-0.2, 0) is 6.42 Å². The van der Waals surface area contributed by atoms with E-state index in [9.17, 15) is 14.9 Å². The highest BCUT2D eigenvalue weighted by molar-refractivity contribution is 5.97. The fourth-order valence-electron chi connectivity index (χ4n) is 1.41. The molecule has 0 aliphatic rings. The summed E-state index contributed by atoms with van der Waals surface area (Å²) in [6.45, 7) is 1.65. The summed E-state index contributed by atoms with van der Waals surface area (Å²) in [5.41, 5.74) is 1.38. The molecule has 0 unspecified atom stereocenters. The second kappa shape index (κ2) is 5.24. The van der Waals surface area contributed by atoms with E-state index in [0.29, 0.717) is 18.4 Å². The number of rotatable bonds is 5. The van der Waals surface area contributed by atoms with Gasteiger partial charge in [-0.3, -0.25) is 14.9 Å². The monoisotopic (exact) mass is 207 g/mol. The van der Waals surface area contributed by atoms with E-state index in [4.69, 9.17) is 0 Å². The summed E-state index contributed by atoms with van der Waals surface area (Å²) in [6.07, 6.45) is 0.740. The molecule has 4 heteroatoms. The van der Waals surface area contributed by atoms with Gasteiger partial charge in [-0.15, -0.1) is 0 Å². The average molecular weight is 207 g/mol. The third-order valence-corrected chi connectivity index (χ3v) is 2.20. The van der Waals surface area contributed by atoms with Gasteiger partial charge in [0.25, 0.3) is 0 Å². The second-order valence-corrected chi connectivity index (χ2v) is 3.24. The molecule has 1 rings (SSSR count). The van der Waals surface area contributed by atoms with Gasteiger partial charge in [-0.05, 0) is 5.56 Å². The van der Waals surface area contributed by atoms with E-state index in [2.05, 4.69) is 0 Å². The van der Waals surface area contributed by atoms with Crippen LogP contribution in [0.1, 0.15) is 29.3 Å². The summed E-state index contributed by atoms with van der Waals surface area (Å²) in [7, 11) is 0. The maximum Gasteiger partial charge on any atom is 0.207 e. The van der Waals surface area contributed by atoms with Crippen molar-refractivity contribution in [2.75, 3.05) is 6.54 Å². The summed E-state index contributed by atoms with van der Waals surface area (Å²) in [6, 6.07) is 7.06. The van der Waals surface area contributed by atoms with Crippen LogP contribution < -0.4 is 0 Å². The molecule has 4 nitrogen and oxygen atoms in total. The van der Waals surface area contributed by atoms with Gasteiger partial charge in [0, 0.05) is 23.3 Å². The van der Waals surface area contributed by atoms with Crippen molar-refractivity contribution < 1.29 is 9.72 Å². The first-order valence-electron chi connectivity index (χ1n) is 4.88. The normalized spacial score (nSPS) is 9.93. The van der Waals surface area contributed by atoms with Crippen molar-refractivity contribution in [1.29, 1.82) is 0 Å². The van der Waals surface area contributed by atoms with E-state index in [0.717, 1.165) is 5.56 Å². The third-order valence-electron chi connectivity index (χ3n) is 2.20. The number of ketones is 1. The Bertz CT molecular complexity index is 374. The van der Waals surface area contributed by atoms with Gasteiger partial charge < -0.3 is 0 Å². The largest absolute Gasteiger partial charge is 0.294 e. The first-order valence-corrected chi connectivity index (χ1v) is 4.88. The SMILES string of the molecule is CCC(=O)c1ccccc1CC[N+](=O)[O-]. The van der Waals surface area contributed by atoms with Crippen LogP contribution in [0.2, 0.25) is 0 Å². The van der Waals surface area contributed by atoms with Crippen LogP contribution in [0.5, 0.6) is 0 Å². The number of benzene rings is 1. The minimum absolute atomic E-state index is 0.0361. The smallest absolute Gasteiger partial charge is 0.207 e. The van der Waals surface area contributed by atoms with Crippen LogP contribution in [0.4, 0.5) is 0 Å². The minimum atomic E-state index is -0.368. The van der Waals surface area contributed by atoms with Crippen molar-refractivity contribution in [1.82, 2.24) is 0 Å². The van der Waals surface area contributed by atoms with Gasteiger partial charge in [-0.25, -0.2) is 0 Å². The maximum atomic E-state index is 11.5. The van der Waals surface area contributed by atoms with E-state index in [1.54, 1.807) is 31.2 Å². The van der Waals surface area contributed by atoms with Crippen molar-refractivity contribution in [3.63, 3.8) is 0 Å². The predicted octanol–water partition coefficient (Wildman–Crippen LogP) is 2.10. The second-order valence-electron chi connectivity index (χ2n) is 3.24.